The molecule has 0 aliphatic carbocycles. The SMILES string of the molecule is CCC(=O)N[C@@H](CSC)C(=O)O. The molecule has 0 spiro atoms. The maximum atomic E-state index is 10.8. The van der Waals surface area contributed by atoms with Gasteiger partial charge in [0.05, 0.1) is 0 Å². The highest BCUT2D eigenvalue weighted by atomic mass is 32.2. The minimum absolute atomic E-state index is 0.226. The molecule has 0 aliphatic heterocycles. The van der Waals surface area contributed by atoms with Crippen LogP contribution in [0.25, 0.3) is 0 Å². The molecule has 0 aromatic carbocycles. The molecule has 2 N–H and O–H groups in total. The number of rotatable bonds is 5. The fraction of sp³-hybridized carbons (Fsp3) is 0.714. The summed E-state index contributed by atoms with van der Waals surface area (Å²) in [5.74, 6) is -0.802. The van der Waals surface area contributed by atoms with E-state index in [4.69, 9.17) is 5.11 Å². The van der Waals surface area contributed by atoms with Crippen molar-refractivity contribution in [1.82, 2.24) is 5.32 Å². The molecular weight excluding hydrogens is 178 g/mol. The molecule has 0 heterocycles. The maximum absolute atomic E-state index is 10.8. The predicted octanol–water partition coefficient (Wildman–Crippen LogP) is 0.329. The van der Waals surface area contributed by atoms with E-state index < -0.39 is 12.0 Å². The van der Waals surface area contributed by atoms with Crippen LogP contribution < -0.4 is 5.32 Å². The quantitative estimate of drug-likeness (QED) is 0.657. The number of nitrogens with one attached hydrogen (secondary N) is 1. The molecule has 70 valence electrons. The van der Waals surface area contributed by atoms with Gasteiger partial charge in [0, 0.05) is 12.2 Å². The first-order chi connectivity index (χ1) is 5.61. The zero-order valence-corrected chi connectivity index (χ0v) is 7.98. The van der Waals surface area contributed by atoms with E-state index in [1.54, 1.807) is 13.2 Å². The first-order valence-electron chi connectivity index (χ1n) is 3.63. The lowest BCUT2D eigenvalue weighted by Gasteiger charge is -2.11. The monoisotopic (exact) mass is 191 g/mol. The van der Waals surface area contributed by atoms with Gasteiger partial charge in [-0.3, -0.25) is 4.79 Å². The normalized spacial score (nSPS) is 12.2. The smallest absolute Gasteiger partial charge is 0.327 e. The van der Waals surface area contributed by atoms with Crippen LogP contribution in [0.5, 0.6) is 0 Å². The lowest BCUT2D eigenvalue weighted by Crippen LogP contribution is -2.42. The van der Waals surface area contributed by atoms with Gasteiger partial charge in [0.2, 0.25) is 5.91 Å². The summed E-state index contributed by atoms with van der Waals surface area (Å²) in [5.41, 5.74) is 0. The number of hydrogen-bond donors (Lipinski definition) is 2. The second-order valence-corrected chi connectivity index (χ2v) is 3.18. The molecule has 0 saturated carbocycles. The molecule has 4 nitrogen and oxygen atoms in total. The minimum atomic E-state index is -0.980. The molecule has 0 radical (unpaired) electrons. The van der Waals surface area contributed by atoms with Gasteiger partial charge < -0.3 is 10.4 Å². The van der Waals surface area contributed by atoms with Crippen molar-refractivity contribution in [3.8, 4) is 0 Å². The van der Waals surface area contributed by atoms with Gasteiger partial charge in [-0.2, -0.15) is 11.8 Å². The van der Waals surface area contributed by atoms with Crippen molar-refractivity contribution in [2.45, 2.75) is 19.4 Å². The van der Waals surface area contributed by atoms with Crippen molar-refractivity contribution in [1.29, 1.82) is 0 Å². The second kappa shape index (κ2) is 5.88. The lowest BCUT2D eigenvalue weighted by molar-refractivity contribution is -0.141. The maximum Gasteiger partial charge on any atom is 0.327 e. The summed E-state index contributed by atoms with van der Waals surface area (Å²) in [5, 5.41) is 11.0. The van der Waals surface area contributed by atoms with Gasteiger partial charge >= 0.3 is 5.97 Å². The van der Waals surface area contributed by atoms with E-state index in [-0.39, 0.29) is 5.91 Å². The number of carboxylic acids is 1. The Morgan fingerprint density at radius 2 is 2.17 bits per heavy atom. The molecule has 0 unspecified atom stereocenters. The molecule has 0 aliphatic rings. The predicted molar refractivity (Wildman–Crippen MR) is 48.2 cm³/mol. The van der Waals surface area contributed by atoms with Crippen molar-refractivity contribution in [3.05, 3.63) is 0 Å². The Bertz CT molecular complexity index is 170. The average Bonchev–Trinajstić information content (AvgIpc) is 2.03. The summed E-state index contributed by atoms with van der Waals surface area (Å²) < 4.78 is 0. The van der Waals surface area contributed by atoms with Crippen LogP contribution in [0.4, 0.5) is 0 Å². The average molecular weight is 191 g/mol. The van der Waals surface area contributed by atoms with Crippen molar-refractivity contribution in [2.24, 2.45) is 0 Å². The van der Waals surface area contributed by atoms with E-state index in [9.17, 15) is 9.59 Å². The lowest BCUT2D eigenvalue weighted by atomic mass is 10.3. The minimum Gasteiger partial charge on any atom is -0.480 e. The van der Waals surface area contributed by atoms with E-state index in [1.807, 2.05) is 0 Å². The highest BCUT2D eigenvalue weighted by Gasteiger charge is 2.17. The van der Waals surface area contributed by atoms with Crippen LogP contribution in [0.3, 0.4) is 0 Å². The van der Waals surface area contributed by atoms with Gasteiger partial charge in [-0.15, -0.1) is 0 Å². The summed E-state index contributed by atoms with van der Waals surface area (Å²) in [6.45, 7) is 1.69. The third-order valence-corrected chi connectivity index (χ3v) is 1.95. The van der Waals surface area contributed by atoms with E-state index in [1.165, 1.54) is 11.8 Å². The van der Waals surface area contributed by atoms with Gasteiger partial charge in [-0.05, 0) is 6.26 Å². The van der Waals surface area contributed by atoms with Gasteiger partial charge in [0.1, 0.15) is 6.04 Å². The van der Waals surface area contributed by atoms with Crippen LogP contribution >= 0.6 is 11.8 Å². The topological polar surface area (TPSA) is 66.4 Å². The fourth-order valence-corrected chi connectivity index (χ4v) is 1.20. The number of amides is 1. The Morgan fingerprint density at radius 3 is 2.50 bits per heavy atom. The van der Waals surface area contributed by atoms with Gasteiger partial charge in [0.15, 0.2) is 0 Å². The Kier molecular flexibility index (Phi) is 5.53. The van der Waals surface area contributed by atoms with Crippen LogP contribution in [0.15, 0.2) is 0 Å². The van der Waals surface area contributed by atoms with Crippen LogP contribution in [0, 0.1) is 0 Å². The molecule has 5 heteroatoms. The van der Waals surface area contributed by atoms with Crippen LogP contribution in [0.1, 0.15) is 13.3 Å². The number of aliphatic carboxylic acids is 1. The third kappa shape index (κ3) is 4.23. The summed E-state index contributed by atoms with van der Waals surface area (Å²) in [4.78, 5) is 21.3. The first kappa shape index (κ1) is 11.3. The summed E-state index contributed by atoms with van der Waals surface area (Å²) in [6, 6.07) is -0.757. The van der Waals surface area contributed by atoms with Gasteiger partial charge in [-0.1, -0.05) is 6.92 Å². The molecule has 0 aromatic heterocycles. The number of carboxylic acid groups (broad SMARTS) is 1. The van der Waals surface area contributed by atoms with Crippen LogP contribution in [-0.2, 0) is 9.59 Å². The Labute approximate surface area is 75.7 Å². The molecule has 0 aromatic rings. The Balaban J connectivity index is 3.95. The van der Waals surface area contributed by atoms with Crippen molar-refractivity contribution >= 4 is 23.6 Å². The summed E-state index contributed by atoms with van der Waals surface area (Å²) in [7, 11) is 0. The molecule has 0 bridgehead atoms. The van der Waals surface area contributed by atoms with Crippen molar-refractivity contribution < 1.29 is 14.7 Å². The Hall–Kier alpha value is -0.710. The molecule has 0 saturated heterocycles. The van der Waals surface area contributed by atoms with E-state index in [0.717, 1.165) is 0 Å². The number of hydrogen-bond acceptors (Lipinski definition) is 3. The molecule has 1 atom stereocenters. The van der Waals surface area contributed by atoms with Crippen molar-refractivity contribution in [2.75, 3.05) is 12.0 Å². The highest BCUT2D eigenvalue weighted by Crippen LogP contribution is 1.97. The Morgan fingerprint density at radius 1 is 1.58 bits per heavy atom. The van der Waals surface area contributed by atoms with Crippen molar-refractivity contribution in [3.63, 3.8) is 0 Å². The van der Waals surface area contributed by atoms with Crippen LogP contribution in [0.2, 0.25) is 0 Å². The largest absolute Gasteiger partial charge is 0.480 e. The first-order valence-corrected chi connectivity index (χ1v) is 5.02. The van der Waals surface area contributed by atoms with Gasteiger partial charge in [0.25, 0.3) is 0 Å². The van der Waals surface area contributed by atoms with Crippen LogP contribution in [-0.4, -0.2) is 35.0 Å². The van der Waals surface area contributed by atoms with E-state index in [2.05, 4.69) is 5.32 Å². The number of thioether (sulfide) groups is 1. The molecule has 1 amide bonds. The highest BCUT2D eigenvalue weighted by molar-refractivity contribution is 7.98. The second-order valence-electron chi connectivity index (χ2n) is 2.27. The standard InChI is InChI=1S/C7H13NO3S/c1-3-6(9)8-5(4-12-2)7(10)11/h5H,3-4H2,1-2H3,(H,8,9)(H,10,11)/t5-/m0/s1. The summed E-state index contributed by atoms with van der Waals surface area (Å²) in [6.07, 6.45) is 2.12. The zero-order valence-electron chi connectivity index (χ0n) is 7.16. The third-order valence-electron chi connectivity index (χ3n) is 1.29. The summed E-state index contributed by atoms with van der Waals surface area (Å²) >= 11 is 1.39. The molecule has 12 heavy (non-hydrogen) atoms. The molecule has 0 rings (SSSR count). The van der Waals surface area contributed by atoms with Gasteiger partial charge in [-0.25, -0.2) is 4.79 Å². The molecule has 0 fully saturated rings. The zero-order chi connectivity index (χ0) is 9.56. The molecular formula is C7H13NO3S. The number of carbonyl (C=O) groups excluding carboxylic acids is 1. The number of carbonyl (C=O) groups is 2. The van der Waals surface area contributed by atoms with E-state index >= 15 is 0 Å². The van der Waals surface area contributed by atoms with E-state index in [0.29, 0.717) is 12.2 Å². The fourth-order valence-electron chi connectivity index (χ4n) is 0.638.